The van der Waals surface area contributed by atoms with Gasteiger partial charge in [0, 0.05) is 17.7 Å². The van der Waals surface area contributed by atoms with Crippen molar-refractivity contribution in [3.63, 3.8) is 0 Å². The third-order valence-corrected chi connectivity index (χ3v) is 7.37. The lowest BCUT2D eigenvalue weighted by molar-refractivity contribution is -0.154. The van der Waals surface area contributed by atoms with E-state index in [1.807, 2.05) is 0 Å². The van der Waals surface area contributed by atoms with E-state index in [9.17, 15) is 28.8 Å². The van der Waals surface area contributed by atoms with Crippen LogP contribution < -0.4 is 18.9 Å². The van der Waals surface area contributed by atoms with Gasteiger partial charge in [-0.2, -0.15) is 0 Å². The SMILES string of the molecule is CC(C)(C)C(=O)Oc1cc2c(c(OC(=O)C(C)(C)C)c1)C(=O)C(OC(=O)C(C)(C)C)C(c1ccc(OC(=O)C(C)(C)C)c(OC(=O)C(C)(C)C)c1)=N2. The molecule has 0 spiro atoms. The van der Waals surface area contributed by atoms with Crippen LogP contribution in [0.1, 0.15) is 120 Å². The molecule has 2 aromatic carbocycles. The number of hydrogen-bond donors (Lipinski definition) is 0. The van der Waals surface area contributed by atoms with Crippen molar-refractivity contribution in [2.24, 2.45) is 32.1 Å². The van der Waals surface area contributed by atoms with E-state index in [4.69, 9.17) is 28.7 Å². The quantitative estimate of drug-likeness (QED) is 0.212. The molecule has 0 saturated heterocycles. The second kappa shape index (κ2) is 14.3. The van der Waals surface area contributed by atoms with Gasteiger partial charge in [-0.25, -0.2) is 4.99 Å². The van der Waals surface area contributed by atoms with Crippen molar-refractivity contribution in [2.75, 3.05) is 0 Å². The Kier molecular flexibility index (Phi) is 11.4. The number of esters is 5. The molecule has 0 radical (unpaired) electrons. The van der Waals surface area contributed by atoms with Gasteiger partial charge in [-0.05, 0) is 122 Å². The lowest BCUT2D eigenvalue weighted by atomic mass is 9.91. The van der Waals surface area contributed by atoms with Gasteiger partial charge < -0.3 is 23.7 Å². The van der Waals surface area contributed by atoms with E-state index < -0.39 is 68.8 Å². The van der Waals surface area contributed by atoms with Gasteiger partial charge >= 0.3 is 29.8 Å². The maximum atomic E-state index is 14.5. The number of aliphatic imine (C=N–C) groups is 1. The summed E-state index contributed by atoms with van der Waals surface area (Å²) in [6.07, 6.45) is -1.66. The molecule has 1 aliphatic rings. The summed E-state index contributed by atoms with van der Waals surface area (Å²) in [5.74, 6) is -4.57. The number of rotatable bonds is 6. The van der Waals surface area contributed by atoms with Crippen LogP contribution in [-0.2, 0) is 28.7 Å². The number of ketones is 1. The largest absolute Gasteiger partial charge is 0.447 e. The molecule has 12 heteroatoms. The number of hydrogen-bond acceptors (Lipinski definition) is 12. The third kappa shape index (κ3) is 9.92. The molecule has 282 valence electrons. The van der Waals surface area contributed by atoms with E-state index in [-0.39, 0.29) is 45.5 Å². The van der Waals surface area contributed by atoms with Crippen LogP contribution in [0.25, 0.3) is 0 Å². The van der Waals surface area contributed by atoms with Crippen molar-refractivity contribution in [1.29, 1.82) is 0 Å². The Hall–Kier alpha value is -4.87. The number of fused-ring (bicyclic) bond motifs is 1. The van der Waals surface area contributed by atoms with Crippen LogP contribution in [0.5, 0.6) is 23.0 Å². The highest BCUT2D eigenvalue weighted by molar-refractivity contribution is 6.27. The summed E-state index contributed by atoms with van der Waals surface area (Å²) in [7, 11) is 0. The Morgan fingerprint density at radius 2 is 0.942 bits per heavy atom. The van der Waals surface area contributed by atoms with E-state index in [0.717, 1.165) is 0 Å². The molecule has 2 aromatic rings. The van der Waals surface area contributed by atoms with Crippen LogP contribution in [0.2, 0.25) is 0 Å². The molecule has 1 aliphatic heterocycles. The van der Waals surface area contributed by atoms with Crippen molar-refractivity contribution >= 4 is 47.0 Å². The fourth-order valence-corrected chi connectivity index (χ4v) is 3.95. The zero-order valence-corrected chi connectivity index (χ0v) is 32.9. The summed E-state index contributed by atoms with van der Waals surface area (Å²) in [6.45, 7) is 24.7. The predicted octanol–water partition coefficient (Wildman–Crippen LogP) is 7.77. The molecular formula is C40H51NO11. The maximum absolute atomic E-state index is 14.5. The maximum Gasteiger partial charge on any atom is 0.316 e. The minimum Gasteiger partial charge on any atom is -0.447 e. The Morgan fingerprint density at radius 3 is 1.40 bits per heavy atom. The minimum atomic E-state index is -1.66. The number of Topliss-reactive ketones (excluding diaryl/α,β-unsaturated/α-hetero) is 1. The predicted molar refractivity (Wildman–Crippen MR) is 193 cm³/mol. The Labute approximate surface area is 305 Å². The molecular weight excluding hydrogens is 670 g/mol. The summed E-state index contributed by atoms with van der Waals surface area (Å²) < 4.78 is 28.6. The van der Waals surface area contributed by atoms with Gasteiger partial charge in [0.05, 0.1) is 44.0 Å². The van der Waals surface area contributed by atoms with Crippen molar-refractivity contribution in [3.05, 3.63) is 41.5 Å². The average molecular weight is 722 g/mol. The van der Waals surface area contributed by atoms with Gasteiger partial charge in [0.25, 0.3) is 0 Å². The standard InChI is InChI=1S/C40H51NO11/c1-36(2,3)31(43)48-22-19-23-27(26(20-22)51-34(46)39(10,11)12)29(42)30(52-35(47)40(13,14)15)28(41-23)21-16-17-24(49-32(44)37(4,5)6)25(18-21)50-33(45)38(7,8)9/h16-20,30H,1-15H3. The van der Waals surface area contributed by atoms with Gasteiger partial charge in [0.2, 0.25) is 11.9 Å². The van der Waals surface area contributed by atoms with E-state index in [1.54, 1.807) is 104 Å². The normalized spacial score (nSPS) is 15.2. The van der Waals surface area contributed by atoms with Gasteiger partial charge in [0.1, 0.15) is 11.5 Å². The smallest absolute Gasteiger partial charge is 0.316 e. The molecule has 1 unspecified atom stereocenters. The molecule has 0 aromatic heterocycles. The summed E-state index contributed by atoms with van der Waals surface area (Å²) in [6, 6.07) is 6.79. The van der Waals surface area contributed by atoms with E-state index in [0.29, 0.717) is 0 Å². The third-order valence-electron chi connectivity index (χ3n) is 7.37. The van der Waals surface area contributed by atoms with Gasteiger partial charge in [-0.15, -0.1) is 0 Å². The van der Waals surface area contributed by atoms with Crippen molar-refractivity contribution in [3.8, 4) is 23.0 Å². The number of ether oxygens (including phenoxy) is 5. The average Bonchev–Trinajstić information content (AvgIpc) is 2.96. The fraction of sp³-hybridized carbons (Fsp3) is 0.525. The monoisotopic (exact) mass is 721 g/mol. The first-order valence-electron chi connectivity index (χ1n) is 17.0. The van der Waals surface area contributed by atoms with E-state index in [1.165, 1.54) is 30.3 Å². The van der Waals surface area contributed by atoms with Crippen LogP contribution >= 0.6 is 0 Å². The molecule has 52 heavy (non-hydrogen) atoms. The highest BCUT2D eigenvalue weighted by Gasteiger charge is 2.42. The molecule has 0 aliphatic carbocycles. The van der Waals surface area contributed by atoms with E-state index >= 15 is 0 Å². The Morgan fingerprint density at radius 1 is 0.519 bits per heavy atom. The minimum absolute atomic E-state index is 0.0459. The highest BCUT2D eigenvalue weighted by Crippen LogP contribution is 2.42. The summed E-state index contributed by atoms with van der Waals surface area (Å²) in [5, 5.41) is 0. The highest BCUT2D eigenvalue weighted by atomic mass is 16.6. The van der Waals surface area contributed by atoms with Crippen LogP contribution in [0.3, 0.4) is 0 Å². The summed E-state index contributed by atoms with van der Waals surface area (Å²) in [4.78, 5) is 84.6. The number of carbonyl (C=O) groups excluding carboxylic acids is 6. The van der Waals surface area contributed by atoms with Gasteiger partial charge in [-0.1, -0.05) is 0 Å². The molecule has 3 rings (SSSR count). The molecule has 1 atom stereocenters. The number of carbonyl (C=O) groups is 6. The lowest BCUT2D eigenvalue weighted by Crippen LogP contribution is -2.41. The number of benzene rings is 2. The van der Waals surface area contributed by atoms with Crippen LogP contribution in [-0.4, -0.2) is 47.4 Å². The fourth-order valence-electron chi connectivity index (χ4n) is 3.95. The first-order valence-corrected chi connectivity index (χ1v) is 17.0. The summed E-state index contributed by atoms with van der Waals surface area (Å²) >= 11 is 0. The molecule has 0 fully saturated rings. The lowest BCUT2D eigenvalue weighted by Gasteiger charge is -2.29. The van der Waals surface area contributed by atoms with Crippen LogP contribution in [0.15, 0.2) is 35.3 Å². The topological polar surface area (TPSA) is 161 Å². The molecule has 1 heterocycles. The zero-order valence-electron chi connectivity index (χ0n) is 32.9. The van der Waals surface area contributed by atoms with E-state index in [2.05, 4.69) is 0 Å². The molecule has 0 N–H and O–H groups in total. The van der Waals surface area contributed by atoms with Gasteiger partial charge in [0.15, 0.2) is 11.5 Å². The van der Waals surface area contributed by atoms with Crippen LogP contribution in [0, 0.1) is 27.1 Å². The zero-order chi connectivity index (χ0) is 39.9. The van der Waals surface area contributed by atoms with Crippen LogP contribution in [0.4, 0.5) is 5.69 Å². The second-order valence-electron chi connectivity index (χ2n) is 17.9. The first-order chi connectivity index (χ1) is 23.4. The molecule has 12 nitrogen and oxygen atoms in total. The van der Waals surface area contributed by atoms with Crippen molar-refractivity contribution < 1.29 is 52.5 Å². The first kappa shape index (κ1) is 41.5. The molecule has 0 bridgehead atoms. The summed E-state index contributed by atoms with van der Waals surface area (Å²) in [5.41, 5.74) is -4.94. The van der Waals surface area contributed by atoms with Crippen molar-refractivity contribution in [2.45, 2.75) is 110 Å². The number of nitrogens with zero attached hydrogens (tertiary/aromatic N) is 1. The molecule has 0 amide bonds. The van der Waals surface area contributed by atoms with Crippen molar-refractivity contribution in [1.82, 2.24) is 0 Å². The Bertz CT molecular complexity index is 1830. The molecule has 0 saturated carbocycles. The second-order valence-corrected chi connectivity index (χ2v) is 17.9. The Balaban J connectivity index is 2.38. The van der Waals surface area contributed by atoms with Gasteiger partial charge in [-0.3, -0.25) is 28.8 Å².